The average molecular weight is 524 g/mol. The lowest BCUT2D eigenvalue weighted by molar-refractivity contribution is 0.586. The standard InChI is InChI=1S/C31H29N3O3S/c1-21-8-12-25(13-9-21)38(36,37)34-29-7-5-3-4-6-26(29)27-14-11-24(19-30(27)34)33-17-16-23(18-31(33)35)28-15-10-22(2)20-32-28/h8-20H,3-7H2,1-2H3. The lowest BCUT2D eigenvalue weighted by Gasteiger charge is -2.13. The zero-order chi connectivity index (χ0) is 26.4. The molecule has 192 valence electrons. The van der Waals surface area contributed by atoms with Gasteiger partial charge in [-0.2, -0.15) is 0 Å². The minimum Gasteiger partial charge on any atom is -0.284 e. The molecule has 0 bridgehead atoms. The lowest BCUT2D eigenvalue weighted by atomic mass is 10.1. The molecule has 0 saturated carbocycles. The summed E-state index contributed by atoms with van der Waals surface area (Å²) in [5, 5.41) is 0.940. The van der Waals surface area contributed by atoms with Crippen LogP contribution in [-0.4, -0.2) is 21.9 Å². The number of hydrogen-bond donors (Lipinski definition) is 0. The number of aryl methyl sites for hydroxylation is 3. The fraction of sp³-hybridized carbons (Fsp3) is 0.226. The molecule has 0 radical (unpaired) electrons. The van der Waals surface area contributed by atoms with E-state index in [9.17, 15) is 13.2 Å². The first-order chi connectivity index (χ1) is 18.3. The third-order valence-electron chi connectivity index (χ3n) is 7.42. The van der Waals surface area contributed by atoms with E-state index in [1.54, 1.807) is 35.2 Å². The number of pyridine rings is 2. The van der Waals surface area contributed by atoms with Crippen molar-refractivity contribution < 1.29 is 8.42 Å². The molecule has 1 aliphatic carbocycles. The fourth-order valence-electron chi connectivity index (χ4n) is 5.40. The Morgan fingerprint density at radius 2 is 1.58 bits per heavy atom. The molecule has 0 unspecified atom stereocenters. The average Bonchev–Trinajstić information content (AvgIpc) is 3.04. The van der Waals surface area contributed by atoms with Crippen molar-refractivity contribution >= 4 is 20.9 Å². The molecule has 0 N–H and O–H groups in total. The first-order valence-corrected chi connectivity index (χ1v) is 14.4. The van der Waals surface area contributed by atoms with E-state index in [-0.39, 0.29) is 10.5 Å². The molecule has 0 atom stereocenters. The predicted octanol–water partition coefficient (Wildman–Crippen LogP) is 5.98. The zero-order valence-electron chi connectivity index (χ0n) is 21.5. The molecule has 5 aromatic rings. The topological polar surface area (TPSA) is 74.0 Å². The normalized spacial score (nSPS) is 13.8. The van der Waals surface area contributed by atoms with E-state index in [1.807, 2.05) is 62.4 Å². The van der Waals surface area contributed by atoms with Gasteiger partial charge in [0.15, 0.2) is 0 Å². The molecule has 0 fully saturated rings. The molecule has 6 nitrogen and oxygen atoms in total. The van der Waals surface area contributed by atoms with E-state index in [2.05, 4.69) is 4.98 Å². The third kappa shape index (κ3) is 4.17. The van der Waals surface area contributed by atoms with E-state index >= 15 is 0 Å². The van der Waals surface area contributed by atoms with Gasteiger partial charge >= 0.3 is 0 Å². The summed E-state index contributed by atoms with van der Waals surface area (Å²) in [6, 6.07) is 20.0. The molecule has 0 amide bonds. The van der Waals surface area contributed by atoms with Gasteiger partial charge in [-0.05, 0) is 87.1 Å². The molecule has 3 heterocycles. The van der Waals surface area contributed by atoms with E-state index in [0.717, 1.165) is 64.7 Å². The lowest BCUT2D eigenvalue weighted by Crippen LogP contribution is -2.18. The maximum atomic E-state index is 14.0. The number of nitrogens with zero attached hydrogens (tertiary/aromatic N) is 3. The SMILES string of the molecule is Cc1ccc(S(=O)(=O)n2c3c(c4ccc(-n5ccc(-c6ccc(C)cn6)cc5=O)cc42)CCCCC3)cc1. The number of hydrogen-bond acceptors (Lipinski definition) is 4. The molecule has 2 aromatic carbocycles. The quantitative estimate of drug-likeness (QED) is 0.272. The van der Waals surface area contributed by atoms with E-state index in [4.69, 9.17) is 0 Å². The maximum absolute atomic E-state index is 14.0. The van der Waals surface area contributed by atoms with Gasteiger partial charge in [-0.25, -0.2) is 12.4 Å². The maximum Gasteiger partial charge on any atom is 0.268 e. The van der Waals surface area contributed by atoms with Crippen LogP contribution < -0.4 is 5.56 Å². The highest BCUT2D eigenvalue weighted by atomic mass is 32.2. The van der Waals surface area contributed by atoms with Crippen LogP contribution in [0.2, 0.25) is 0 Å². The highest BCUT2D eigenvalue weighted by molar-refractivity contribution is 7.90. The van der Waals surface area contributed by atoms with Crippen molar-refractivity contribution in [1.29, 1.82) is 0 Å². The number of aromatic nitrogens is 3. The van der Waals surface area contributed by atoms with Crippen LogP contribution in [0.1, 0.15) is 41.6 Å². The summed E-state index contributed by atoms with van der Waals surface area (Å²) in [6.07, 6.45) is 8.13. The summed E-state index contributed by atoms with van der Waals surface area (Å²) in [6.45, 7) is 3.91. The van der Waals surface area contributed by atoms with Crippen molar-refractivity contribution in [3.63, 3.8) is 0 Å². The monoisotopic (exact) mass is 523 g/mol. The molecule has 6 rings (SSSR count). The van der Waals surface area contributed by atoms with Crippen LogP contribution in [0.4, 0.5) is 0 Å². The van der Waals surface area contributed by atoms with Gasteiger partial charge in [0, 0.05) is 35.1 Å². The Kier molecular flexibility index (Phi) is 6.03. The summed E-state index contributed by atoms with van der Waals surface area (Å²) in [4.78, 5) is 17.9. The summed E-state index contributed by atoms with van der Waals surface area (Å²) in [7, 11) is -3.83. The van der Waals surface area contributed by atoms with Gasteiger partial charge in [0.25, 0.3) is 15.6 Å². The van der Waals surface area contributed by atoms with Crippen LogP contribution >= 0.6 is 0 Å². The predicted molar refractivity (Wildman–Crippen MR) is 151 cm³/mol. The van der Waals surface area contributed by atoms with Gasteiger partial charge in [0.2, 0.25) is 0 Å². The zero-order valence-corrected chi connectivity index (χ0v) is 22.3. The Morgan fingerprint density at radius 1 is 0.816 bits per heavy atom. The molecule has 0 aliphatic heterocycles. The van der Waals surface area contributed by atoms with E-state index in [0.29, 0.717) is 17.6 Å². The van der Waals surface area contributed by atoms with Crippen molar-refractivity contribution in [1.82, 2.24) is 13.5 Å². The minimum absolute atomic E-state index is 0.203. The summed E-state index contributed by atoms with van der Waals surface area (Å²) in [5.41, 5.74) is 6.54. The Labute approximate surface area is 222 Å². The van der Waals surface area contributed by atoms with E-state index in [1.165, 1.54) is 3.97 Å². The van der Waals surface area contributed by atoms with Crippen LogP contribution in [0.25, 0.3) is 27.8 Å². The highest BCUT2D eigenvalue weighted by Gasteiger charge is 2.28. The Balaban J connectivity index is 1.53. The Hall–Kier alpha value is -3.97. The van der Waals surface area contributed by atoms with Gasteiger partial charge in [-0.1, -0.05) is 36.2 Å². The van der Waals surface area contributed by atoms with Crippen LogP contribution in [0.3, 0.4) is 0 Å². The molecule has 3 aromatic heterocycles. The molecule has 1 aliphatic rings. The Bertz CT molecular complexity index is 1830. The largest absolute Gasteiger partial charge is 0.284 e. The van der Waals surface area contributed by atoms with Crippen molar-refractivity contribution in [2.24, 2.45) is 0 Å². The van der Waals surface area contributed by atoms with Crippen molar-refractivity contribution in [3.8, 4) is 16.9 Å². The van der Waals surface area contributed by atoms with Crippen LogP contribution in [0.15, 0.2) is 88.8 Å². The second-order valence-electron chi connectivity index (χ2n) is 10.1. The van der Waals surface area contributed by atoms with E-state index < -0.39 is 10.0 Å². The first kappa shape index (κ1) is 24.4. The Morgan fingerprint density at radius 3 is 2.32 bits per heavy atom. The second-order valence-corrected chi connectivity index (χ2v) is 11.9. The minimum atomic E-state index is -3.83. The van der Waals surface area contributed by atoms with Gasteiger partial charge in [0.1, 0.15) is 0 Å². The summed E-state index contributed by atoms with van der Waals surface area (Å²) >= 11 is 0. The van der Waals surface area contributed by atoms with Gasteiger partial charge in [-0.15, -0.1) is 0 Å². The summed E-state index contributed by atoms with van der Waals surface area (Å²) < 4.78 is 31.2. The van der Waals surface area contributed by atoms with Crippen LogP contribution in [0.5, 0.6) is 0 Å². The van der Waals surface area contributed by atoms with Crippen molar-refractivity contribution in [2.75, 3.05) is 0 Å². The molecular formula is C31H29N3O3S. The number of fused-ring (bicyclic) bond motifs is 3. The molecule has 38 heavy (non-hydrogen) atoms. The van der Waals surface area contributed by atoms with Gasteiger partial charge in [-0.3, -0.25) is 14.3 Å². The molecule has 0 spiro atoms. The molecular weight excluding hydrogens is 494 g/mol. The van der Waals surface area contributed by atoms with Gasteiger partial charge < -0.3 is 0 Å². The second kappa shape index (κ2) is 9.40. The molecule has 7 heteroatoms. The smallest absolute Gasteiger partial charge is 0.268 e. The van der Waals surface area contributed by atoms with Crippen molar-refractivity contribution in [3.05, 3.63) is 112 Å². The number of benzene rings is 2. The van der Waals surface area contributed by atoms with Crippen LogP contribution in [-0.2, 0) is 22.9 Å². The van der Waals surface area contributed by atoms with Crippen molar-refractivity contribution in [2.45, 2.75) is 50.8 Å². The summed E-state index contributed by atoms with van der Waals surface area (Å²) in [5.74, 6) is 0. The van der Waals surface area contributed by atoms with Gasteiger partial charge in [0.05, 0.1) is 21.8 Å². The number of rotatable bonds is 4. The van der Waals surface area contributed by atoms with Crippen LogP contribution in [0, 0.1) is 13.8 Å². The first-order valence-electron chi connectivity index (χ1n) is 13.0. The molecule has 0 saturated heterocycles. The fourth-order valence-corrected chi connectivity index (χ4v) is 6.99. The highest BCUT2D eigenvalue weighted by Crippen LogP contribution is 2.35. The third-order valence-corrected chi connectivity index (χ3v) is 9.19.